The summed E-state index contributed by atoms with van der Waals surface area (Å²) in [5.41, 5.74) is 2.87. The molecular formula is C12H13ClN4. The Hall–Kier alpha value is -1.52. The van der Waals surface area contributed by atoms with Crippen molar-refractivity contribution >= 4 is 11.6 Å². The fourth-order valence-electron chi connectivity index (χ4n) is 1.38. The molecule has 0 bridgehead atoms. The van der Waals surface area contributed by atoms with Gasteiger partial charge in [-0.1, -0.05) is 11.6 Å². The lowest BCUT2D eigenvalue weighted by Crippen LogP contribution is -2.14. The van der Waals surface area contributed by atoms with Crippen LogP contribution in [0.2, 0.25) is 5.02 Å². The number of hydrogen-bond donors (Lipinski definition) is 1. The molecule has 0 unspecified atom stereocenters. The molecule has 0 fully saturated rings. The van der Waals surface area contributed by atoms with Gasteiger partial charge >= 0.3 is 0 Å². The van der Waals surface area contributed by atoms with E-state index in [1.165, 1.54) is 0 Å². The molecule has 0 aliphatic carbocycles. The van der Waals surface area contributed by atoms with Crippen LogP contribution < -0.4 is 5.32 Å². The Morgan fingerprint density at radius 2 is 2.06 bits per heavy atom. The predicted molar refractivity (Wildman–Crippen MR) is 66.6 cm³/mol. The smallest absolute Gasteiger partial charge is 0.0724 e. The van der Waals surface area contributed by atoms with E-state index in [4.69, 9.17) is 11.6 Å². The van der Waals surface area contributed by atoms with E-state index in [9.17, 15) is 0 Å². The van der Waals surface area contributed by atoms with Crippen molar-refractivity contribution in [1.29, 1.82) is 0 Å². The van der Waals surface area contributed by atoms with Gasteiger partial charge in [-0.15, -0.1) is 0 Å². The molecule has 5 heteroatoms. The monoisotopic (exact) mass is 248 g/mol. The van der Waals surface area contributed by atoms with Gasteiger partial charge in [0.05, 0.1) is 16.4 Å². The van der Waals surface area contributed by atoms with Crippen molar-refractivity contribution < 1.29 is 0 Å². The van der Waals surface area contributed by atoms with Gasteiger partial charge in [0.15, 0.2) is 0 Å². The zero-order valence-corrected chi connectivity index (χ0v) is 10.3. The van der Waals surface area contributed by atoms with Crippen LogP contribution in [0.3, 0.4) is 0 Å². The Balaban J connectivity index is 1.88. The summed E-state index contributed by atoms with van der Waals surface area (Å²) in [7, 11) is 0. The van der Waals surface area contributed by atoms with E-state index in [1.54, 1.807) is 24.8 Å². The molecule has 4 nitrogen and oxygen atoms in total. The molecule has 17 heavy (non-hydrogen) atoms. The number of nitrogens with zero attached hydrogens (tertiary/aromatic N) is 3. The molecule has 0 amide bonds. The van der Waals surface area contributed by atoms with Crippen molar-refractivity contribution in [1.82, 2.24) is 20.3 Å². The lowest BCUT2D eigenvalue weighted by atomic mass is 10.2. The predicted octanol–water partition coefficient (Wildman–Crippen LogP) is 2.12. The zero-order valence-electron chi connectivity index (χ0n) is 9.52. The Morgan fingerprint density at radius 1 is 1.18 bits per heavy atom. The highest BCUT2D eigenvalue weighted by Gasteiger charge is 1.99. The fourth-order valence-corrected chi connectivity index (χ4v) is 1.57. The first kappa shape index (κ1) is 12.0. The molecule has 2 rings (SSSR count). The van der Waals surface area contributed by atoms with Gasteiger partial charge in [0, 0.05) is 37.9 Å². The molecule has 0 aromatic carbocycles. The van der Waals surface area contributed by atoms with Gasteiger partial charge in [0.2, 0.25) is 0 Å². The first-order chi connectivity index (χ1) is 8.25. The van der Waals surface area contributed by atoms with Crippen molar-refractivity contribution in [2.75, 3.05) is 0 Å². The average molecular weight is 249 g/mol. The Morgan fingerprint density at radius 3 is 2.76 bits per heavy atom. The number of rotatable bonds is 4. The normalized spacial score (nSPS) is 10.5. The molecule has 0 spiro atoms. The van der Waals surface area contributed by atoms with Gasteiger partial charge in [0.1, 0.15) is 0 Å². The first-order valence-corrected chi connectivity index (χ1v) is 5.70. The highest BCUT2D eigenvalue weighted by molar-refractivity contribution is 6.31. The van der Waals surface area contributed by atoms with E-state index in [0.717, 1.165) is 17.0 Å². The average Bonchev–Trinajstić information content (AvgIpc) is 2.34. The third-order valence-electron chi connectivity index (χ3n) is 2.31. The molecule has 0 radical (unpaired) electrons. The molecule has 0 saturated carbocycles. The minimum absolute atomic E-state index is 0.673. The fraction of sp³-hybridized carbons (Fsp3) is 0.250. The molecule has 88 valence electrons. The topological polar surface area (TPSA) is 50.7 Å². The molecule has 2 heterocycles. The quantitative estimate of drug-likeness (QED) is 0.901. The lowest BCUT2D eigenvalue weighted by Gasteiger charge is -2.05. The van der Waals surface area contributed by atoms with Gasteiger partial charge < -0.3 is 5.32 Å². The number of halogens is 1. The third kappa shape index (κ3) is 3.47. The van der Waals surface area contributed by atoms with Crippen molar-refractivity contribution in [3.05, 3.63) is 52.8 Å². The van der Waals surface area contributed by atoms with Crippen LogP contribution in [0, 0.1) is 6.92 Å². The van der Waals surface area contributed by atoms with Gasteiger partial charge in [-0.3, -0.25) is 15.0 Å². The van der Waals surface area contributed by atoms with E-state index >= 15 is 0 Å². The zero-order chi connectivity index (χ0) is 12.1. The van der Waals surface area contributed by atoms with E-state index in [-0.39, 0.29) is 0 Å². The summed E-state index contributed by atoms with van der Waals surface area (Å²) in [5.74, 6) is 0. The number of aryl methyl sites for hydroxylation is 1. The first-order valence-electron chi connectivity index (χ1n) is 5.32. The summed E-state index contributed by atoms with van der Waals surface area (Å²) >= 11 is 6.00. The SMILES string of the molecule is Cc1cnc(CNCc2ccncc2Cl)cn1. The van der Waals surface area contributed by atoms with E-state index in [2.05, 4.69) is 20.3 Å². The van der Waals surface area contributed by atoms with Gasteiger partial charge in [0.25, 0.3) is 0 Å². The van der Waals surface area contributed by atoms with Crippen LogP contribution in [-0.2, 0) is 13.1 Å². The Labute approximate surface area is 105 Å². The van der Waals surface area contributed by atoms with Crippen molar-refractivity contribution in [2.24, 2.45) is 0 Å². The second-order valence-electron chi connectivity index (χ2n) is 3.72. The second kappa shape index (κ2) is 5.70. The van der Waals surface area contributed by atoms with Crippen LogP contribution in [0.4, 0.5) is 0 Å². The maximum atomic E-state index is 6.00. The Bertz CT molecular complexity index is 484. The summed E-state index contributed by atoms with van der Waals surface area (Å²) in [4.78, 5) is 12.4. The van der Waals surface area contributed by atoms with Crippen molar-refractivity contribution in [3.63, 3.8) is 0 Å². The summed E-state index contributed by atoms with van der Waals surface area (Å²) in [6.45, 7) is 3.28. The van der Waals surface area contributed by atoms with Crippen LogP contribution >= 0.6 is 11.6 Å². The van der Waals surface area contributed by atoms with E-state index in [0.29, 0.717) is 18.1 Å². The molecule has 0 aliphatic rings. The number of hydrogen-bond acceptors (Lipinski definition) is 4. The third-order valence-corrected chi connectivity index (χ3v) is 2.65. The summed E-state index contributed by atoms with van der Waals surface area (Å²) in [6.07, 6.45) is 6.91. The van der Waals surface area contributed by atoms with Crippen molar-refractivity contribution in [2.45, 2.75) is 20.0 Å². The van der Waals surface area contributed by atoms with Gasteiger partial charge in [-0.05, 0) is 18.6 Å². The maximum Gasteiger partial charge on any atom is 0.0724 e. The summed E-state index contributed by atoms with van der Waals surface area (Å²) in [6, 6.07) is 1.90. The molecule has 1 N–H and O–H groups in total. The van der Waals surface area contributed by atoms with Crippen LogP contribution in [0.25, 0.3) is 0 Å². The molecule has 0 atom stereocenters. The number of pyridine rings is 1. The number of nitrogens with one attached hydrogen (secondary N) is 1. The molecular weight excluding hydrogens is 236 g/mol. The minimum Gasteiger partial charge on any atom is -0.307 e. The van der Waals surface area contributed by atoms with E-state index in [1.807, 2.05) is 13.0 Å². The lowest BCUT2D eigenvalue weighted by molar-refractivity contribution is 0.675. The largest absolute Gasteiger partial charge is 0.307 e. The van der Waals surface area contributed by atoms with Crippen LogP contribution in [0.1, 0.15) is 17.0 Å². The van der Waals surface area contributed by atoms with Gasteiger partial charge in [-0.25, -0.2) is 0 Å². The van der Waals surface area contributed by atoms with E-state index < -0.39 is 0 Å². The summed E-state index contributed by atoms with van der Waals surface area (Å²) in [5, 5.41) is 3.94. The second-order valence-corrected chi connectivity index (χ2v) is 4.13. The van der Waals surface area contributed by atoms with Crippen molar-refractivity contribution in [3.8, 4) is 0 Å². The van der Waals surface area contributed by atoms with Gasteiger partial charge in [-0.2, -0.15) is 0 Å². The number of aromatic nitrogens is 3. The van der Waals surface area contributed by atoms with Crippen LogP contribution in [0.5, 0.6) is 0 Å². The molecule has 2 aromatic rings. The Kier molecular flexibility index (Phi) is 4.01. The summed E-state index contributed by atoms with van der Waals surface area (Å²) < 4.78 is 0. The molecule has 0 saturated heterocycles. The molecule has 2 aromatic heterocycles. The minimum atomic E-state index is 0.673. The highest BCUT2D eigenvalue weighted by atomic mass is 35.5. The van der Waals surface area contributed by atoms with Crippen LogP contribution in [0.15, 0.2) is 30.9 Å². The molecule has 0 aliphatic heterocycles. The maximum absolute atomic E-state index is 6.00. The van der Waals surface area contributed by atoms with Crippen LogP contribution in [-0.4, -0.2) is 15.0 Å². The highest BCUT2D eigenvalue weighted by Crippen LogP contribution is 2.12. The standard InChI is InChI=1S/C12H13ClN4/c1-9-4-17-11(7-16-9)6-15-5-10-2-3-14-8-12(10)13/h2-4,7-8,15H,5-6H2,1H3.